The summed E-state index contributed by atoms with van der Waals surface area (Å²) in [7, 11) is -0.995. The third kappa shape index (κ3) is 4.95. The Kier molecular flexibility index (Phi) is 7.60. The zero-order chi connectivity index (χ0) is 26.2. The van der Waals surface area contributed by atoms with Crippen LogP contribution in [0.3, 0.4) is 0 Å². The molecule has 0 atom stereocenters. The Morgan fingerprint density at radius 2 is 1.89 bits per heavy atom. The lowest BCUT2D eigenvalue weighted by molar-refractivity contribution is -0.116. The minimum atomic E-state index is -3.89. The molecule has 1 saturated heterocycles. The Bertz CT molecular complexity index is 1480. The quantitative estimate of drug-likeness (QED) is 0.474. The fourth-order valence-corrected chi connectivity index (χ4v) is 7.57. The molecule has 194 valence electrons. The van der Waals surface area contributed by atoms with E-state index in [9.17, 15) is 18.0 Å². The summed E-state index contributed by atoms with van der Waals surface area (Å²) in [6.07, 6.45) is 2.78. The average molecular weight is 555 g/mol. The van der Waals surface area contributed by atoms with E-state index >= 15 is 0 Å². The molecule has 3 heterocycles. The summed E-state index contributed by atoms with van der Waals surface area (Å²) in [4.78, 5) is 31.3. The van der Waals surface area contributed by atoms with Gasteiger partial charge in [0.05, 0.1) is 36.6 Å². The summed E-state index contributed by atoms with van der Waals surface area (Å²) in [5.41, 5.74) is -0.299. The first-order valence-corrected chi connectivity index (χ1v) is 13.9. The van der Waals surface area contributed by atoms with Gasteiger partial charge in [0.1, 0.15) is 27.8 Å². The molecule has 0 spiro atoms. The first kappa shape index (κ1) is 26.4. The second-order valence-corrected chi connectivity index (χ2v) is 12.2. The molecule has 10 nitrogen and oxygen atoms in total. The number of nitrogens with zero attached hydrogens (tertiary/aromatic N) is 3. The highest BCUT2D eigenvalue weighted by Gasteiger charge is 2.33. The molecule has 1 N–H and O–H groups in total. The van der Waals surface area contributed by atoms with E-state index in [-0.39, 0.29) is 21.8 Å². The highest BCUT2D eigenvalue weighted by molar-refractivity contribution is 7.89. The van der Waals surface area contributed by atoms with Crippen molar-refractivity contribution in [3.63, 3.8) is 0 Å². The van der Waals surface area contributed by atoms with Gasteiger partial charge in [-0.1, -0.05) is 18.5 Å². The molecule has 2 aromatic heterocycles. The molecule has 1 aromatic carbocycles. The lowest BCUT2D eigenvalue weighted by Gasteiger charge is -2.29. The van der Waals surface area contributed by atoms with Crippen LogP contribution in [0.2, 0.25) is 5.02 Å². The molecule has 0 bridgehead atoms. The van der Waals surface area contributed by atoms with Crippen molar-refractivity contribution < 1.29 is 22.7 Å². The zero-order valence-electron chi connectivity index (χ0n) is 20.3. The number of amides is 1. The van der Waals surface area contributed by atoms with Crippen LogP contribution >= 0.6 is 22.9 Å². The minimum absolute atomic E-state index is 0.0106. The van der Waals surface area contributed by atoms with Gasteiger partial charge in [-0.3, -0.25) is 14.2 Å². The maximum atomic E-state index is 13.5. The number of halogens is 1. The Hall–Kier alpha value is -2.67. The summed E-state index contributed by atoms with van der Waals surface area (Å²) in [5.74, 6) is 0.609. The van der Waals surface area contributed by atoms with E-state index in [0.29, 0.717) is 45.9 Å². The lowest BCUT2D eigenvalue weighted by atomic mass is 10.0. The summed E-state index contributed by atoms with van der Waals surface area (Å²) in [6.45, 7) is 4.19. The third-order valence-corrected chi connectivity index (χ3v) is 9.71. The number of aromatic nitrogens is 2. The molecule has 1 aliphatic rings. The number of ether oxygens (including phenoxy) is 2. The predicted octanol–water partition coefficient (Wildman–Crippen LogP) is 3.50. The van der Waals surface area contributed by atoms with Crippen molar-refractivity contribution in [1.82, 2.24) is 13.9 Å². The molecule has 13 heteroatoms. The maximum Gasteiger partial charge on any atom is 0.263 e. The van der Waals surface area contributed by atoms with Crippen LogP contribution < -0.4 is 20.3 Å². The molecule has 1 fully saturated rings. The summed E-state index contributed by atoms with van der Waals surface area (Å²) >= 11 is 7.32. The van der Waals surface area contributed by atoms with Gasteiger partial charge in [-0.15, -0.1) is 11.3 Å². The van der Waals surface area contributed by atoms with Gasteiger partial charge in [0, 0.05) is 24.0 Å². The second kappa shape index (κ2) is 10.4. The highest BCUT2D eigenvalue weighted by atomic mass is 35.5. The number of piperidine rings is 1. The van der Waals surface area contributed by atoms with E-state index in [1.165, 1.54) is 37.0 Å². The van der Waals surface area contributed by atoms with Gasteiger partial charge >= 0.3 is 0 Å². The van der Waals surface area contributed by atoms with Crippen molar-refractivity contribution in [2.75, 3.05) is 32.6 Å². The molecule has 0 aliphatic carbocycles. The van der Waals surface area contributed by atoms with Gasteiger partial charge < -0.3 is 14.8 Å². The third-order valence-electron chi connectivity index (χ3n) is 6.20. The van der Waals surface area contributed by atoms with Crippen molar-refractivity contribution in [1.29, 1.82) is 0 Å². The van der Waals surface area contributed by atoms with Crippen LogP contribution in [0.4, 0.5) is 5.69 Å². The van der Waals surface area contributed by atoms with Crippen LogP contribution in [0.25, 0.3) is 10.2 Å². The minimum Gasteiger partial charge on any atom is -0.495 e. The summed E-state index contributed by atoms with van der Waals surface area (Å²) in [6, 6.07) is 3.01. The molecular formula is C23H27ClN4O6S2. The van der Waals surface area contributed by atoms with E-state index in [1.807, 2.05) is 0 Å². The van der Waals surface area contributed by atoms with E-state index in [2.05, 4.69) is 17.2 Å². The zero-order valence-corrected chi connectivity index (χ0v) is 22.7. The SMILES string of the molecule is COc1cc(OC)c(NC(=O)Cn2cnc3sc(C)c(S(=O)(=O)N4CCC(C)CC4)c3c2=O)cc1Cl. The van der Waals surface area contributed by atoms with Gasteiger partial charge in [-0.25, -0.2) is 13.4 Å². The molecule has 3 aromatic rings. The van der Waals surface area contributed by atoms with Crippen molar-refractivity contribution in [3.8, 4) is 11.5 Å². The Morgan fingerprint density at radius 1 is 1.22 bits per heavy atom. The smallest absolute Gasteiger partial charge is 0.263 e. The largest absolute Gasteiger partial charge is 0.495 e. The van der Waals surface area contributed by atoms with Gasteiger partial charge in [-0.2, -0.15) is 4.31 Å². The van der Waals surface area contributed by atoms with Gasteiger partial charge in [0.25, 0.3) is 5.56 Å². The van der Waals surface area contributed by atoms with Crippen LogP contribution in [0.15, 0.2) is 28.2 Å². The van der Waals surface area contributed by atoms with Crippen molar-refractivity contribution in [2.24, 2.45) is 5.92 Å². The Balaban J connectivity index is 1.66. The number of thiophene rings is 1. The molecule has 36 heavy (non-hydrogen) atoms. The number of fused-ring (bicyclic) bond motifs is 1. The van der Waals surface area contributed by atoms with Gasteiger partial charge in [-0.05, 0) is 31.7 Å². The number of nitrogens with one attached hydrogen (secondary N) is 1. The number of sulfonamides is 1. The second-order valence-electron chi connectivity index (χ2n) is 8.67. The van der Waals surface area contributed by atoms with E-state index in [1.54, 1.807) is 6.92 Å². The molecule has 0 unspecified atom stereocenters. The highest BCUT2D eigenvalue weighted by Crippen LogP contribution is 2.36. The first-order chi connectivity index (χ1) is 17.1. The summed E-state index contributed by atoms with van der Waals surface area (Å²) in [5, 5.41) is 2.95. The van der Waals surface area contributed by atoms with E-state index in [4.69, 9.17) is 21.1 Å². The van der Waals surface area contributed by atoms with Crippen LogP contribution in [0.1, 0.15) is 24.6 Å². The molecule has 0 radical (unpaired) electrons. The molecule has 1 amide bonds. The topological polar surface area (TPSA) is 120 Å². The number of benzene rings is 1. The standard InChI is InChI=1S/C23H27ClN4O6S2/c1-13-5-7-28(8-6-13)36(31,32)21-14(2)35-22-20(21)23(30)27(12-25-22)11-19(29)26-16-9-15(24)17(33-3)10-18(16)34-4/h9-10,12-13H,5-8,11H2,1-4H3,(H,26,29). The van der Waals surface area contributed by atoms with Crippen molar-refractivity contribution >= 4 is 54.8 Å². The van der Waals surface area contributed by atoms with E-state index < -0.39 is 21.5 Å². The molecule has 1 aliphatic heterocycles. The van der Waals surface area contributed by atoms with Gasteiger partial charge in [0.2, 0.25) is 15.9 Å². The summed E-state index contributed by atoms with van der Waals surface area (Å²) < 4.78 is 40.0. The van der Waals surface area contributed by atoms with Crippen LogP contribution in [0, 0.1) is 12.8 Å². The number of carbonyl (C=O) groups excluding carboxylic acids is 1. The van der Waals surface area contributed by atoms with E-state index in [0.717, 1.165) is 28.7 Å². The molecule has 0 saturated carbocycles. The lowest BCUT2D eigenvalue weighted by Crippen LogP contribution is -2.38. The number of hydrogen-bond acceptors (Lipinski definition) is 8. The monoisotopic (exact) mass is 554 g/mol. The normalized spacial score (nSPS) is 15.2. The number of rotatable bonds is 7. The number of carbonyl (C=O) groups is 1. The van der Waals surface area contributed by atoms with Crippen molar-refractivity contribution in [2.45, 2.75) is 38.1 Å². The fraction of sp³-hybridized carbons (Fsp3) is 0.435. The van der Waals surface area contributed by atoms with Crippen LogP contribution in [-0.4, -0.2) is 55.5 Å². The number of hydrogen-bond donors (Lipinski definition) is 1. The average Bonchev–Trinajstić information content (AvgIpc) is 3.19. The van der Waals surface area contributed by atoms with Crippen LogP contribution in [-0.2, 0) is 21.4 Å². The fourth-order valence-electron chi connectivity index (χ4n) is 4.19. The Labute approximate surface area is 217 Å². The Morgan fingerprint density at radius 3 is 2.53 bits per heavy atom. The molecule has 4 rings (SSSR count). The van der Waals surface area contributed by atoms with Crippen molar-refractivity contribution in [3.05, 3.63) is 38.7 Å². The number of aryl methyl sites for hydroxylation is 1. The maximum absolute atomic E-state index is 13.5. The number of methoxy groups -OCH3 is 2. The predicted molar refractivity (Wildman–Crippen MR) is 139 cm³/mol. The molecular weight excluding hydrogens is 528 g/mol. The first-order valence-electron chi connectivity index (χ1n) is 11.3. The van der Waals surface area contributed by atoms with Crippen LogP contribution in [0.5, 0.6) is 11.5 Å². The number of anilines is 1. The van der Waals surface area contributed by atoms with Gasteiger partial charge in [0.15, 0.2) is 0 Å².